The Morgan fingerprint density at radius 3 is 2.50 bits per heavy atom. The zero-order valence-corrected chi connectivity index (χ0v) is 36.5. The van der Waals surface area contributed by atoms with Gasteiger partial charge in [-0.1, -0.05) is 48.0 Å². The standard InChI is InChI=1S/C47H48ClN7O8S/c48-34-8-6-31(7-9-34)37-4-1-2-5-38(37)44(56)32-15-21-53(22-16-32)35-10-12-39(41(27-35)54-20-3-23-63-47-43(54)26-33-14-19-49-45(33)51-47)46(57)52-64(60,61)36-11-13-40(42(28-36)55(58)59)50-29-30-17-24-62-25-18-30/h1-2,4-14,19,26-28,30,32,44,50,56H,3,15-18,20-25,29H2,(H,49,51)(H,52,57). The summed E-state index contributed by atoms with van der Waals surface area (Å²) in [7, 11) is -4.59. The van der Waals surface area contributed by atoms with Crippen molar-refractivity contribution in [2.24, 2.45) is 11.8 Å². The second-order valence-electron chi connectivity index (χ2n) is 16.5. The quantitative estimate of drug-likeness (QED) is 0.0676. The summed E-state index contributed by atoms with van der Waals surface area (Å²) in [5.41, 5.74) is 5.12. The molecule has 2 saturated heterocycles. The summed E-state index contributed by atoms with van der Waals surface area (Å²) in [4.78, 5) is 37.4. The monoisotopic (exact) mass is 905 g/mol. The van der Waals surface area contributed by atoms with E-state index in [0.717, 1.165) is 46.7 Å². The second-order valence-corrected chi connectivity index (χ2v) is 18.6. The predicted octanol–water partition coefficient (Wildman–Crippen LogP) is 8.62. The summed E-state index contributed by atoms with van der Waals surface area (Å²) in [5.74, 6) is -0.298. The number of nitro groups is 1. The molecule has 64 heavy (non-hydrogen) atoms. The lowest BCUT2D eigenvalue weighted by atomic mass is 9.84. The zero-order chi connectivity index (χ0) is 44.4. The fourth-order valence-corrected chi connectivity index (χ4v) is 10.1. The minimum absolute atomic E-state index is 0.0171. The Morgan fingerprint density at radius 1 is 0.938 bits per heavy atom. The lowest BCUT2D eigenvalue weighted by molar-refractivity contribution is -0.384. The fraction of sp³-hybridized carbons (Fsp3) is 0.319. The van der Waals surface area contributed by atoms with E-state index < -0.39 is 37.5 Å². The normalized spacial score (nSPS) is 16.7. The molecule has 1 amide bonds. The van der Waals surface area contributed by atoms with Crippen molar-refractivity contribution >= 4 is 67.0 Å². The maximum atomic E-state index is 14.3. The SMILES string of the molecule is O=C(NS(=O)(=O)c1ccc(NCC2CCOCC2)c([N+](=O)[O-])c1)c1ccc(N2CCC(C(O)c3ccccc3-c3ccc(Cl)cc3)CC2)cc1N1CCCOc2nc3[nH]ccc3cc21. The third-order valence-corrected chi connectivity index (χ3v) is 14.0. The molecule has 332 valence electrons. The number of benzene rings is 4. The number of aliphatic hydroxyl groups is 1. The Hall–Kier alpha value is -6.20. The highest BCUT2D eigenvalue weighted by molar-refractivity contribution is 7.90. The maximum Gasteiger partial charge on any atom is 0.293 e. The van der Waals surface area contributed by atoms with E-state index in [0.29, 0.717) is 93.2 Å². The summed E-state index contributed by atoms with van der Waals surface area (Å²) in [5, 5.41) is 28.5. The number of rotatable bonds is 12. The van der Waals surface area contributed by atoms with Crippen LogP contribution in [0.5, 0.6) is 5.88 Å². The van der Waals surface area contributed by atoms with E-state index in [2.05, 4.69) is 19.9 Å². The van der Waals surface area contributed by atoms with Crippen LogP contribution in [0.3, 0.4) is 0 Å². The number of hydrogen-bond donors (Lipinski definition) is 4. The smallest absolute Gasteiger partial charge is 0.293 e. The van der Waals surface area contributed by atoms with Crippen LogP contribution in [0.25, 0.3) is 22.2 Å². The molecule has 2 fully saturated rings. The van der Waals surface area contributed by atoms with Gasteiger partial charge in [0.1, 0.15) is 17.0 Å². The Morgan fingerprint density at radius 2 is 1.72 bits per heavy atom. The summed E-state index contributed by atoms with van der Waals surface area (Å²) < 4.78 is 41.5. The number of hydrogen-bond acceptors (Lipinski definition) is 12. The number of amides is 1. The number of halogens is 1. The summed E-state index contributed by atoms with van der Waals surface area (Å²) in [6, 6.07) is 28.2. The van der Waals surface area contributed by atoms with Crippen LogP contribution in [-0.4, -0.2) is 80.3 Å². The first-order valence-electron chi connectivity index (χ1n) is 21.5. The number of carbonyl (C=O) groups is 1. The van der Waals surface area contributed by atoms with Crippen molar-refractivity contribution in [1.82, 2.24) is 14.7 Å². The summed E-state index contributed by atoms with van der Waals surface area (Å²) in [6.07, 6.45) is 4.67. The number of nitrogens with zero attached hydrogens (tertiary/aromatic N) is 4. The molecule has 5 heterocycles. The van der Waals surface area contributed by atoms with E-state index in [1.165, 1.54) is 12.1 Å². The predicted molar refractivity (Wildman–Crippen MR) is 246 cm³/mol. The average molecular weight is 906 g/mol. The number of aliphatic hydroxyl groups excluding tert-OH is 1. The molecule has 0 radical (unpaired) electrons. The summed E-state index contributed by atoms with van der Waals surface area (Å²) in [6.45, 7) is 3.75. The topological polar surface area (TPSA) is 192 Å². The molecule has 0 aliphatic carbocycles. The maximum absolute atomic E-state index is 14.3. The third kappa shape index (κ3) is 9.09. The molecule has 3 aliphatic heterocycles. The minimum Gasteiger partial charge on any atom is -0.476 e. The van der Waals surface area contributed by atoms with Crippen molar-refractivity contribution < 1.29 is 32.7 Å². The molecule has 1 atom stereocenters. The van der Waals surface area contributed by atoms with Crippen molar-refractivity contribution in [3.05, 3.63) is 130 Å². The van der Waals surface area contributed by atoms with Gasteiger partial charge >= 0.3 is 0 Å². The van der Waals surface area contributed by atoms with Gasteiger partial charge in [-0.25, -0.2) is 13.1 Å². The highest BCUT2D eigenvalue weighted by Gasteiger charge is 2.32. The van der Waals surface area contributed by atoms with Gasteiger partial charge in [0.05, 0.1) is 33.8 Å². The number of H-pyrrole nitrogens is 1. The van der Waals surface area contributed by atoms with Gasteiger partial charge in [-0.2, -0.15) is 4.98 Å². The molecule has 15 nitrogen and oxygen atoms in total. The van der Waals surface area contributed by atoms with Gasteiger partial charge in [0.15, 0.2) is 0 Å². The van der Waals surface area contributed by atoms with E-state index in [9.17, 15) is 28.4 Å². The molecule has 4 aromatic carbocycles. The highest BCUT2D eigenvalue weighted by Crippen LogP contribution is 2.42. The Labute approximate surface area is 375 Å². The molecule has 0 spiro atoms. The molecule has 0 saturated carbocycles. The van der Waals surface area contributed by atoms with Crippen LogP contribution >= 0.6 is 11.6 Å². The van der Waals surface area contributed by atoms with Crippen molar-refractivity contribution in [2.75, 3.05) is 61.1 Å². The van der Waals surface area contributed by atoms with Gasteiger partial charge in [0.25, 0.3) is 21.6 Å². The molecule has 2 aromatic heterocycles. The van der Waals surface area contributed by atoms with E-state index in [-0.39, 0.29) is 23.1 Å². The molecular formula is C47H48ClN7O8S. The zero-order valence-electron chi connectivity index (χ0n) is 34.9. The van der Waals surface area contributed by atoms with Crippen LogP contribution in [0.2, 0.25) is 5.02 Å². The molecule has 6 aromatic rings. The van der Waals surface area contributed by atoms with Gasteiger partial charge in [0, 0.05) is 67.8 Å². The first kappa shape index (κ1) is 43.1. The van der Waals surface area contributed by atoms with Gasteiger partial charge < -0.3 is 34.7 Å². The second kappa shape index (κ2) is 18.5. The first-order chi connectivity index (χ1) is 31.0. The van der Waals surface area contributed by atoms with Crippen LogP contribution in [0.1, 0.15) is 54.1 Å². The highest BCUT2D eigenvalue weighted by atomic mass is 35.5. The molecule has 0 bridgehead atoms. The van der Waals surface area contributed by atoms with E-state index >= 15 is 0 Å². The number of aromatic amines is 1. The lowest BCUT2D eigenvalue weighted by Crippen LogP contribution is -2.36. The number of fused-ring (bicyclic) bond motifs is 2. The molecule has 3 aliphatic rings. The van der Waals surface area contributed by atoms with Crippen LogP contribution in [0, 0.1) is 22.0 Å². The van der Waals surface area contributed by atoms with Crippen LogP contribution in [-0.2, 0) is 14.8 Å². The van der Waals surface area contributed by atoms with Crippen LogP contribution in [0.15, 0.2) is 108 Å². The fourth-order valence-electron chi connectivity index (χ4n) is 8.94. The lowest BCUT2D eigenvalue weighted by Gasteiger charge is -2.37. The van der Waals surface area contributed by atoms with Crippen LogP contribution < -0.4 is 24.6 Å². The number of pyridine rings is 1. The minimum atomic E-state index is -4.59. The Balaban J connectivity index is 0.996. The number of carbonyl (C=O) groups excluding carboxylic acids is 1. The van der Waals surface area contributed by atoms with Gasteiger partial charge in [0.2, 0.25) is 5.88 Å². The Bertz CT molecular complexity index is 2790. The van der Waals surface area contributed by atoms with Crippen molar-refractivity contribution in [1.29, 1.82) is 0 Å². The van der Waals surface area contributed by atoms with Crippen molar-refractivity contribution in [2.45, 2.75) is 43.1 Å². The van der Waals surface area contributed by atoms with Crippen molar-refractivity contribution in [3.8, 4) is 17.0 Å². The number of piperidine rings is 1. The van der Waals surface area contributed by atoms with Crippen LogP contribution in [0.4, 0.5) is 28.4 Å². The van der Waals surface area contributed by atoms with Gasteiger partial charge in [-0.15, -0.1) is 0 Å². The largest absolute Gasteiger partial charge is 0.476 e. The number of aromatic nitrogens is 2. The molecule has 17 heteroatoms. The number of ether oxygens (including phenoxy) is 2. The average Bonchev–Trinajstić information content (AvgIpc) is 3.68. The van der Waals surface area contributed by atoms with E-state index in [1.807, 2.05) is 71.6 Å². The van der Waals surface area contributed by atoms with Crippen molar-refractivity contribution in [3.63, 3.8) is 0 Å². The number of sulfonamides is 1. The molecule has 4 N–H and O–H groups in total. The molecule has 1 unspecified atom stereocenters. The number of anilines is 4. The van der Waals surface area contributed by atoms with Gasteiger partial charge in [-0.3, -0.25) is 14.9 Å². The van der Waals surface area contributed by atoms with E-state index in [4.69, 9.17) is 26.1 Å². The third-order valence-electron chi connectivity index (χ3n) is 12.5. The molecular weight excluding hydrogens is 858 g/mol. The first-order valence-corrected chi connectivity index (χ1v) is 23.4. The molecule has 9 rings (SSSR count). The number of nitrogens with one attached hydrogen (secondary N) is 3. The van der Waals surface area contributed by atoms with E-state index in [1.54, 1.807) is 18.3 Å². The summed E-state index contributed by atoms with van der Waals surface area (Å²) >= 11 is 6.17. The van der Waals surface area contributed by atoms with Gasteiger partial charge in [-0.05, 0) is 115 Å². The Kier molecular flexibility index (Phi) is 12.4. The number of nitro benzene ring substituents is 1.